The van der Waals surface area contributed by atoms with Crippen molar-refractivity contribution in [3.63, 3.8) is 0 Å². The molecule has 0 aliphatic heterocycles. The van der Waals surface area contributed by atoms with Gasteiger partial charge in [-0.3, -0.25) is 0 Å². The molecule has 0 fully saturated rings. The van der Waals surface area contributed by atoms with Crippen molar-refractivity contribution in [3.05, 3.63) is 47.2 Å². The zero-order valence-corrected chi connectivity index (χ0v) is 10.1. The standard InChI is InChI=1S/C13H14ClFO/c1-4-8-13(3,15)9-16-12-10(2)6-5-7-11(12)14/h5-8H,1,9H2,2-3H3. The summed E-state index contributed by atoms with van der Waals surface area (Å²) in [5.41, 5.74) is 1.70. The summed E-state index contributed by atoms with van der Waals surface area (Å²) >= 11 is 5.95. The first-order valence-corrected chi connectivity index (χ1v) is 5.28. The number of hydrogen-bond donors (Lipinski definition) is 0. The molecule has 16 heavy (non-hydrogen) atoms. The van der Waals surface area contributed by atoms with Crippen LogP contribution in [0.4, 0.5) is 4.39 Å². The zero-order chi connectivity index (χ0) is 12.2. The van der Waals surface area contributed by atoms with E-state index in [1.807, 2.05) is 19.1 Å². The molecule has 0 aliphatic carbocycles. The van der Waals surface area contributed by atoms with E-state index in [-0.39, 0.29) is 6.61 Å². The van der Waals surface area contributed by atoms with E-state index in [1.54, 1.807) is 6.07 Å². The Morgan fingerprint density at radius 3 is 2.88 bits per heavy atom. The molecule has 1 rings (SSSR count). The van der Waals surface area contributed by atoms with Crippen LogP contribution in [0.1, 0.15) is 12.5 Å². The summed E-state index contributed by atoms with van der Waals surface area (Å²) in [7, 11) is 0. The van der Waals surface area contributed by atoms with Gasteiger partial charge in [-0.05, 0) is 31.6 Å². The number of hydrogen-bond acceptors (Lipinski definition) is 1. The van der Waals surface area contributed by atoms with E-state index >= 15 is 0 Å². The minimum atomic E-state index is -1.59. The highest BCUT2D eigenvalue weighted by Gasteiger charge is 2.21. The van der Waals surface area contributed by atoms with Crippen LogP contribution in [-0.2, 0) is 0 Å². The van der Waals surface area contributed by atoms with Crippen molar-refractivity contribution in [1.82, 2.24) is 0 Å². The van der Waals surface area contributed by atoms with E-state index in [0.717, 1.165) is 5.56 Å². The monoisotopic (exact) mass is 240 g/mol. The molecule has 0 aliphatic rings. The Kier molecular flexibility index (Phi) is 4.17. The van der Waals surface area contributed by atoms with Crippen molar-refractivity contribution in [2.75, 3.05) is 6.61 Å². The summed E-state index contributed by atoms with van der Waals surface area (Å²) in [4.78, 5) is 0. The molecule has 1 atom stereocenters. The van der Waals surface area contributed by atoms with Crippen molar-refractivity contribution >= 4 is 11.6 Å². The lowest BCUT2D eigenvalue weighted by molar-refractivity contribution is 0.146. The molecule has 1 unspecified atom stereocenters. The summed E-state index contributed by atoms with van der Waals surface area (Å²) < 4.78 is 19.1. The molecule has 0 amide bonds. The average molecular weight is 241 g/mol. The molecule has 0 heterocycles. The number of ether oxygens (including phenoxy) is 1. The van der Waals surface area contributed by atoms with Crippen LogP contribution in [-0.4, -0.2) is 12.3 Å². The van der Waals surface area contributed by atoms with Gasteiger partial charge in [0.1, 0.15) is 12.4 Å². The maximum Gasteiger partial charge on any atom is 0.167 e. The first-order valence-electron chi connectivity index (χ1n) is 4.90. The van der Waals surface area contributed by atoms with Gasteiger partial charge in [0.15, 0.2) is 5.67 Å². The predicted molar refractivity (Wildman–Crippen MR) is 64.9 cm³/mol. The minimum absolute atomic E-state index is 0.111. The van der Waals surface area contributed by atoms with E-state index in [9.17, 15) is 4.39 Å². The van der Waals surface area contributed by atoms with E-state index < -0.39 is 5.67 Å². The summed E-state index contributed by atoms with van der Waals surface area (Å²) in [6, 6.07) is 5.39. The molecule has 0 spiro atoms. The fourth-order valence-electron chi connectivity index (χ4n) is 1.27. The molecule has 3 heteroatoms. The van der Waals surface area contributed by atoms with Crippen LogP contribution in [0.25, 0.3) is 0 Å². The number of halogens is 2. The minimum Gasteiger partial charge on any atom is -0.488 e. The highest BCUT2D eigenvalue weighted by molar-refractivity contribution is 6.32. The SMILES string of the molecule is C=C=CC(C)(F)COc1c(C)cccc1Cl. The second kappa shape index (κ2) is 5.20. The largest absolute Gasteiger partial charge is 0.488 e. The third kappa shape index (κ3) is 3.41. The van der Waals surface area contributed by atoms with Gasteiger partial charge in [-0.2, -0.15) is 0 Å². The number of aryl methyl sites for hydroxylation is 1. The molecule has 0 radical (unpaired) electrons. The van der Waals surface area contributed by atoms with Gasteiger partial charge in [-0.1, -0.05) is 30.3 Å². The van der Waals surface area contributed by atoms with Gasteiger partial charge in [-0.25, -0.2) is 4.39 Å². The molecule has 0 aromatic heterocycles. The van der Waals surface area contributed by atoms with Gasteiger partial charge in [0.2, 0.25) is 0 Å². The van der Waals surface area contributed by atoms with Crippen LogP contribution < -0.4 is 4.74 Å². The molecule has 0 saturated carbocycles. The predicted octanol–water partition coefficient (Wildman–Crippen LogP) is 4.10. The van der Waals surface area contributed by atoms with Gasteiger partial charge < -0.3 is 4.74 Å². The molecule has 86 valence electrons. The van der Waals surface area contributed by atoms with Crippen molar-refractivity contribution in [3.8, 4) is 5.75 Å². The lowest BCUT2D eigenvalue weighted by Gasteiger charge is -2.17. The van der Waals surface area contributed by atoms with E-state index in [0.29, 0.717) is 10.8 Å². The Morgan fingerprint density at radius 2 is 2.31 bits per heavy atom. The molecule has 0 bridgehead atoms. The smallest absolute Gasteiger partial charge is 0.167 e. The first kappa shape index (κ1) is 12.8. The lowest BCUT2D eigenvalue weighted by atomic mass is 10.1. The van der Waals surface area contributed by atoms with Crippen molar-refractivity contribution in [2.45, 2.75) is 19.5 Å². The van der Waals surface area contributed by atoms with Crippen LogP contribution in [0.15, 0.2) is 36.6 Å². The first-order chi connectivity index (χ1) is 7.46. The van der Waals surface area contributed by atoms with Crippen LogP contribution in [0, 0.1) is 6.92 Å². The Hall–Kier alpha value is -1.24. The summed E-state index contributed by atoms with van der Waals surface area (Å²) in [5.74, 6) is 0.519. The Labute approximate surface area is 100 Å². The fourth-order valence-corrected chi connectivity index (χ4v) is 1.54. The Morgan fingerprint density at radius 1 is 1.62 bits per heavy atom. The van der Waals surface area contributed by atoms with Crippen molar-refractivity contribution in [1.29, 1.82) is 0 Å². The molecule has 1 aromatic carbocycles. The van der Waals surface area contributed by atoms with Crippen LogP contribution in [0.5, 0.6) is 5.75 Å². The highest BCUT2D eigenvalue weighted by atomic mass is 35.5. The Bertz CT molecular complexity index is 400. The van der Waals surface area contributed by atoms with Gasteiger partial charge in [0.05, 0.1) is 5.02 Å². The van der Waals surface area contributed by atoms with Gasteiger partial charge in [-0.15, -0.1) is 5.73 Å². The maximum absolute atomic E-state index is 13.7. The Balaban J connectivity index is 2.79. The number of rotatable bonds is 4. The average Bonchev–Trinajstić information content (AvgIpc) is 2.16. The van der Waals surface area contributed by atoms with Crippen molar-refractivity contribution in [2.24, 2.45) is 0 Å². The lowest BCUT2D eigenvalue weighted by Crippen LogP contribution is -2.24. The van der Waals surface area contributed by atoms with Gasteiger partial charge in [0, 0.05) is 0 Å². The van der Waals surface area contributed by atoms with Gasteiger partial charge >= 0.3 is 0 Å². The molecule has 0 saturated heterocycles. The molecular formula is C13H14ClFO. The third-order valence-corrected chi connectivity index (χ3v) is 2.36. The molecule has 0 N–H and O–H groups in total. The second-order valence-electron chi connectivity index (χ2n) is 3.80. The van der Waals surface area contributed by atoms with E-state index in [1.165, 1.54) is 13.0 Å². The van der Waals surface area contributed by atoms with E-state index in [4.69, 9.17) is 16.3 Å². The number of para-hydroxylation sites is 1. The molecular weight excluding hydrogens is 227 g/mol. The van der Waals surface area contributed by atoms with Crippen LogP contribution in [0.2, 0.25) is 5.02 Å². The summed E-state index contributed by atoms with van der Waals surface area (Å²) in [6.45, 7) is 6.48. The van der Waals surface area contributed by atoms with E-state index in [2.05, 4.69) is 12.3 Å². The van der Waals surface area contributed by atoms with Crippen LogP contribution in [0.3, 0.4) is 0 Å². The second-order valence-corrected chi connectivity index (χ2v) is 4.21. The zero-order valence-electron chi connectivity index (χ0n) is 9.39. The highest BCUT2D eigenvalue weighted by Crippen LogP contribution is 2.29. The fraction of sp³-hybridized carbons (Fsp3) is 0.308. The number of benzene rings is 1. The molecule has 1 nitrogen and oxygen atoms in total. The van der Waals surface area contributed by atoms with Crippen LogP contribution >= 0.6 is 11.6 Å². The third-order valence-electron chi connectivity index (χ3n) is 2.07. The molecule has 1 aromatic rings. The topological polar surface area (TPSA) is 9.23 Å². The van der Waals surface area contributed by atoms with Crippen molar-refractivity contribution < 1.29 is 9.13 Å². The quantitative estimate of drug-likeness (QED) is 0.720. The normalized spacial score (nSPS) is 13.8. The van der Waals surface area contributed by atoms with Gasteiger partial charge in [0.25, 0.3) is 0 Å². The maximum atomic E-state index is 13.7. The summed E-state index contributed by atoms with van der Waals surface area (Å²) in [6.07, 6.45) is 1.24. The summed E-state index contributed by atoms with van der Waals surface area (Å²) in [5, 5.41) is 0.485. The number of alkyl halides is 1.